The monoisotopic (exact) mass is 410 g/mol. The molecule has 1 fully saturated rings. The van der Waals surface area contributed by atoms with E-state index in [9.17, 15) is 9.59 Å². The van der Waals surface area contributed by atoms with Crippen molar-refractivity contribution in [2.24, 2.45) is 5.92 Å². The first-order valence-corrected chi connectivity index (χ1v) is 9.51. The first-order valence-electron chi connectivity index (χ1n) is 8.72. The van der Waals surface area contributed by atoms with Crippen LogP contribution in [0.25, 0.3) is 0 Å². The highest BCUT2D eigenvalue weighted by molar-refractivity contribution is 9.10. The molecule has 0 saturated heterocycles. The number of nitrogens with zero attached hydrogens (tertiary/aromatic N) is 2. The molecule has 25 heavy (non-hydrogen) atoms. The summed E-state index contributed by atoms with van der Waals surface area (Å²) >= 11 is 3.38. The highest BCUT2D eigenvalue weighted by Gasteiger charge is 2.29. The molecule has 1 aromatic heterocycles. The molecule has 2 N–H and O–H groups in total. The third-order valence-corrected chi connectivity index (χ3v) is 4.75. The topological polar surface area (TPSA) is 74.3 Å². The number of halogens is 1. The third kappa shape index (κ3) is 5.42. The minimum absolute atomic E-state index is 0.0122. The summed E-state index contributed by atoms with van der Waals surface area (Å²) in [4.78, 5) is 31.1. The number of anilines is 1. The molecule has 138 valence electrons. The predicted molar refractivity (Wildman–Crippen MR) is 103 cm³/mol. The van der Waals surface area contributed by atoms with Gasteiger partial charge in [0.2, 0.25) is 5.91 Å². The van der Waals surface area contributed by atoms with Crippen molar-refractivity contribution < 1.29 is 9.59 Å². The van der Waals surface area contributed by atoms with Gasteiger partial charge in [0, 0.05) is 42.8 Å². The molecule has 2 rings (SSSR count). The van der Waals surface area contributed by atoms with Gasteiger partial charge in [0.25, 0.3) is 5.91 Å². The Morgan fingerprint density at radius 2 is 2.04 bits per heavy atom. The fourth-order valence-electron chi connectivity index (χ4n) is 3.18. The fourth-order valence-corrected chi connectivity index (χ4v) is 3.51. The van der Waals surface area contributed by atoms with Crippen molar-refractivity contribution in [1.82, 2.24) is 15.6 Å². The number of rotatable bonds is 5. The van der Waals surface area contributed by atoms with Gasteiger partial charge in [0.1, 0.15) is 5.82 Å². The quantitative estimate of drug-likeness (QED) is 0.782. The van der Waals surface area contributed by atoms with E-state index < -0.39 is 0 Å². The van der Waals surface area contributed by atoms with Gasteiger partial charge < -0.3 is 15.5 Å². The van der Waals surface area contributed by atoms with Gasteiger partial charge in [-0.15, -0.1) is 0 Å². The maximum absolute atomic E-state index is 12.7. The average Bonchev–Trinajstić information content (AvgIpc) is 2.54. The van der Waals surface area contributed by atoms with Crippen LogP contribution in [0.15, 0.2) is 16.7 Å². The van der Waals surface area contributed by atoms with Crippen molar-refractivity contribution in [3.63, 3.8) is 0 Å². The minimum atomic E-state index is -0.146. The first kappa shape index (κ1) is 19.7. The van der Waals surface area contributed by atoms with Crippen LogP contribution in [-0.4, -0.2) is 43.0 Å². The van der Waals surface area contributed by atoms with E-state index in [1.807, 2.05) is 32.8 Å². The maximum Gasteiger partial charge on any atom is 0.255 e. The van der Waals surface area contributed by atoms with Gasteiger partial charge in [-0.2, -0.15) is 0 Å². The normalized spacial score (nSPS) is 20.2. The Hall–Kier alpha value is -1.63. The van der Waals surface area contributed by atoms with Crippen LogP contribution in [0.1, 0.15) is 49.9 Å². The number of hydrogen-bond donors (Lipinski definition) is 2. The summed E-state index contributed by atoms with van der Waals surface area (Å²) in [7, 11) is 3.72. The molecule has 1 aromatic rings. The van der Waals surface area contributed by atoms with E-state index in [0.717, 1.165) is 23.7 Å². The van der Waals surface area contributed by atoms with Crippen molar-refractivity contribution in [3.05, 3.63) is 22.3 Å². The SMILES string of the molecule is CC(C)NC(=O)C1CCCC(NC(=O)c2cc(Br)cnc2N(C)C)C1. The number of carbonyl (C=O) groups excluding carboxylic acids is 2. The van der Waals surface area contributed by atoms with Crippen LogP contribution < -0.4 is 15.5 Å². The maximum atomic E-state index is 12.7. The summed E-state index contributed by atoms with van der Waals surface area (Å²) in [6, 6.07) is 1.93. The molecule has 2 atom stereocenters. The summed E-state index contributed by atoms with van der Waals surface area (Å²) in [5.74, 6) is 0.542. The number of hydrogen-bond acceptors (Lipinski definition) is 4. The molecule has 1 aliphatic carbocycles. The van der Waals surface area contributed by atoms with Crippen LogP contribution in [-0.2, 0) is 4.79 Å². The number of aromatic nitrogens is 1. The smallest absolute Gasteiger partial charge is 0.255 e. The molecule has 0 bridgehead atoms. The Balaban J connectivity index is 2.05. The van der Waals surface area contributed by atoms with E-state index in [-0.39, 0.29) is 29.8 Å². The van der Waals surface area contributed by atoms with E-state index in [4.69, 9.17) is 0 Å². The molecule has 0 aromatic carbocycles. The lowest BCUT2D eigenvalue weighted by molar-refractivity contribution is -0.126. The molecule has 6 nitrogen and oxygen atoms in total. The van der Waals surface area contributed by atoms with E-state index in [1.165, 1.54) is 0 Å². The van der Waals surface area contributed by atoms with E-state index in [1.54, 1.807) is 12.3 Å². The minimum Gasteiger partial charge on any atom is -0.362 e. The number of pyridine rings is 1. The average molecular weight is 411 g/mol. The van der Waals surface area contributed by atoms with Crippen molar-refractivity contribution in [3.8, 4) is 0 Å². The van der Waals surface area contributed by atoms with Gasteiger partial charge in [-0.1, -0.05) is 6.42 Å². The van der Waals surface area contributed by atoms with E-state index in [2.05, 4.69) is 31.5 Å². The lowest BCUT2D eigenvalue weighted by Crippen LogP contribution is -2.44. The zero-order valence-corrected chi connectivity index (χ0v) is 16.9. The van der Waals surface area contributed by atoms with Crippen molar-refractivity contribution >= 4 is 33.6 Å². The zero-order chi connectivity index (χ0) is 18.6. The van der Waals surface area contributed by atoms with Gasteiger partial charge in [0.15, 0.2) is 0 Å². The van der Waals surface area contributed by atoms with Crippen LogP contribution in [0.3, 0.4) is 0 Å². The standard InChI is InChI=1S/C18H27BrN4O2/c1-11(2)21-17(24)12-6-5-7-14(8-12)22-18(25)15-9-13(19)10-20-16(15)23(3)4/h9-12,14H,5-8H2,1-4H3,(H,21,24)(H,22,25). The molecule has 7 heteroatoms. The second-order valence-electron chi connectivity index (χ2n) is 7.12. The highest BCUT2D eigenvalue weighted by atomic mass is 79.9. The Kier molecular flexibility index (Phi) is 6.81. The lowest BCUT2D eigenvalue weighted by Gasteiger charge is -2.30. The summed E-state index contributed by atoms with van der Waals surface area (Å²) in [6.45, 7) is 3.92. The van der Waals surface area contributed by atoms with Gasteiger partial charge in [-0.05, 0) is 55.1 Å². The Labute approximate surface area is 157 Å². The number of amides is 2. The Morgan fingerprint density at radius 3 is 2.68 bits per heavy atom. The molecule has 2 amide bonds. The predicted octanol–water partition coefficient (Wildman–Crippen LogP) is 2.72. The van der Waals surface area contributed by atoms with E-state index in [0.29, 0.717) is 17.8 Å². The first-order chi connectivity index (χ1) is 11.8. The molecular formula is C18H27BrN4O2. The second kappa shape index (κ2) is 8.65. The van der Waals surface area contributed by atoms with Gasteiger partial charge >= 0.3 is 0 Å². The zero-order valence-electron chi connectivity index (χ0n) is 15.3. The molecule has 1 heterocycles. The van der Waals surface area contributed by atoms with Crippen molar-refractivity contribution in [2.75, 3.05) is 19.0 Å². The molecule has 0 aliphatic heterocycles. The fraction of sp³-hybridized carbons (Fsp3) is 0.611. The molecular weight excluding hydrogens is 384 g/mol. The molecule has 1 saturated carbocycles. The Morgan fingerprint density at radius 1 is 1.32 bits per heavy atom. The van der Waals surface area contributed by atoms with Crippen LogP contribution in [0.4, 0.5) is 5.82 Å². The van der Waals surface area contributed by atoms with Crippen LogP contribution in [0.2, 0.25) is 0 Å². The van der Waals surface area contributed by atoms with Crippen molar-refractivity contribution in [2.45, 2.75) is 51.6 Å². The summed E-state index contributed by atoms with van der Waals surface area (Å²) in [6.07, 6.45) is 5.09. The Bertz CT molecular complexity index is 634. The number of carbonyl (C=O) groups is 2. The molecule has 0 radical (unpaired) electrons. The van der Waals surface area contributed by atoms with Gasteiger partial charge in [-0.25, -0.2) is 4.98 Å². The molecule has 0 spiro atoms. The molecule has 2 unspecified atom stereocenters. The largest absolute Gasteiger partial charge is 0.362 e. The lowest BCUT2D eigenvalue weighted by atomic mass is 9.85. The van der Waals surface area contributed by atoms with Gasteiger partial charge in [0.05, 0.1) is 5.56 Å². The van der Waals surface area contributed by atoms with E-state index >= 15 is 0 Å². The van der Waals surface area contributed by atoms with Crippen LogP contribution >= 0.6 is 15.9 Å². The summed E-state index contributed by atoms with van der Waals surface area (Å²) in [5.41, 5.74) is 0.535. The molecule has 1 aliphatic rings. The summed E-state index contributed by atoms with van der Waals surface area (Å²) < 4.78 is 0.765. The third-order valence-electron chi connectivity index (χ3n) is 4.31. The second-order valence-corrected chi connectivity index (χ2v) is 8.03. The van der Waals surface area contributed by atoms with Gasteiger partial charge in [-0.3, -0.25) is 9.59 Å². The number of nitrogens with one attached hydrogen (secondary N) is 2. The highest BCUT2D eigenvalue weighted by Crippen LogP contribution is 2.26. The van der Waals surface area contributed by atoms with Crippen molar-refractivity contribution in [1.29, 1.82) is 0 Å². The van der Waals surface area contributed by atoms with Crippen LogP contribution in [0.5, 0.6) is 0 Å². The van der Waals surface area contributed by atoms with Crippen LogP contribution in [0, 0.1) is 5.92 Å². The summed E-state index contributed by atoms with van der Waals surface area (Å²) in [5, 5.41) is 6.06.